The molecule has 3 unspecified atom stereocenters. The molecule has 1 N–H and O–H groups in total. The van der Waals surface area contributed by atoms with E-state index < -0.39 is 0 Å². The number of ether oxygens (including phenoxy) is 2. The van der Waals surface area contributed by atoms with Crippen molar-refractivity contribution in [2.75, 3.05) is 39.5 Å². The van der Waals surface area contributed by atoms with Gasteiger partial charge in [0, 0.05) is 38.3 Å². The molecule has 4 nitrogen and oxygen atoms in total. The quantitative estimate of drug-likeness (QED) is 0.843. The molecule has 0 saturated carbocycles. The molecule has 3 aliphatic rings. The van der Waals surface area contributed by atoms with Crippen LogP contribution in [0, 0.1) is 0 Å². The van der Waals surface area contributed by atoms with E-state index in [0.717, 1.165) is 26.2 Å². The fraction of sp³-hybridized carbons (Fsp3) is 1.00. The summed E-state index contributed by atoms with van der Waals surface area (Å²) in [7, 11) is 0. The second kappa shape index (κ2) is 7.40. The van der Waals surface area contributed by atoms with E-state index in [0.29, 0.717) is 12.1 Å². The van der Waals surface area contributed by atoms with Crippen LogP contribution in [0.1, 0.15) is 51.9 Å². The Balaban J connectivity index is 1.59. The summed E-state index contributed by atoms with van der Waals surface area (Å²) in [6.45, 7) is 8.54. The zero-order valence-electron chi connectivity index (χ0n) is 13.6. The maximum atomic E-state index is 6.11. The maximum absolute atomic E-state index is 6.11. The molecule has 0 aromatic heterocycles. The molecule has 3 saturated heterocycles. The number of piperidine rings is 1. The van der Waals surface area contributed by atoms with E-state index in [1.54, 1.807) is 0 Å². The zero-order valence-corrected chi connectivity index (χ0v) is 13.6. The molecule has 3 rings (SSSR count). The van der Waals surface area contributed by atoms with Crippen molar-refractivity contribution in [2.24, 2.45) is 0 Å². The molecule has 3 atom stereocenters. The lowest BCUT2D eigenvalue weighted by Crippen LogP contribution is -2.53. The van der Waals surface area contributed by atoms with Crippen LogP contribution >= 0.6 is 0 Å². The van der Waals surface area contributed by atoms with Gasteiger partial charge in [-0.1, -0.05) is 13.3 Å². The molecular formula is C17H32N2O2. The third-order valence-corrected chi connectivity index (χ3v) is 5.43. The van der Waals surface area contributed by atoms with Gasteiger partial charge in [-0.15, -0.1) is 0 Å². The first-order valence-electron chi connectivity index (χ1n) is 9.00. The van der Waals surface area contributed by atoms with Crippen molar-refractivity contribution in [2.45, 2.75) is 69.6 Å². The van der Waals surface area contributed by atoms with Gasteiger partial charge in [-0.3, -0.25) is 4.90 Å². The second-order valence-electron chi connectivity index (χ2n) is 7.12. The van der Waals surface area contributed by atoms with Crippen LogP contribution in [0.3, 0.4) is 0 Å². The normalized spacial score (nSPS) is 37.4. The van der Waals surface area contributed by atoms with Crippen molar-refractivity contribution >= 4 is 0 Å². The molecule has 3 aliphatic heterocycles. The van der Waals surface area contributed by atoms with Crippen LogP contribution in [0.25, 0.3) is 0 Å². The van der Waals surface area contributed by atoms with E-state index in [2.05, 4.69) is 17.1 Å². The second-order valence-corrected chi connectivity index (χ2v) is 7.12. The topological polar surface area (TPSA) is 33.7 Å². The summed E-state index contributed by atoms with van der Waals surface area (Å²) in [6, 6.07) is 1.38. The molecule has 21 heavy (non-hydrogen) atoms. The lowest BCUT2D eigenvalue weighted by atomic mass is 9.88. The van der Waals surface area contributed by atoms with Crippen LogP contribution in [0.15, 0.2) is 0 Å². The smallest absolute Gasteiger partial charge is 0.0951 e. The summed E-state index contributed by atoms with van der Waals surface area (Å²) >= 11 is 0. The van der Waals surface area contributed by atoms with E-state index in [1.165, 1.54) is 58.2 Å². The van der Waals surface area contributed by atoms with Crippen molar-refractivity contribution in [1.29, 1.82) is 0 Å². The van der Waals surface area contributed by atoms with Gasteiger partial charge in [0.05, 0.1) is 12.2 Å². The summed E-state index contributed by atoms with van der Waals surface area (Å²) < 4.78 is 11.7. The predicted octanol–water partition coefficient (Wildman–Crippen LogP) is 2.18. The summed E-state index contributed by atoms with van der Waals surface area (Å²) in [5, 5.41) is 3.71. The molecule has 0 bridgehead atoms. The molecule has 0 aromatic carbocycles. The standard InChI is InChI=1S/C17H32N2O2/c1-2-9-19(13-15-5-3-4-8-18-15)16-6-10-21-17(12-16)7-11-20-14-17/h15-16,18H,2-14H2,1H3. The Hall–Kier alpha value is -0.160. The van der Waals surface area contributed by atoms with E-state index in [-0.39, 0.29) is 5.60 Å². The number of hydrogen-bond acceptors (Lipinski definition) is 4. The highest BCUT2D eigenvalue weighted by Crippen LogP contribution is 2.35. The first-order valence-corrected chi connectivity index (χ1v) is 9.00. The van der Waals surface area contributed by atoms with Crippen molar-refractivity contribution in [3.8, 4) is 0 Å². The lowest BCUT2D eigenvalue weighted by Gasteiger charge is -2.43. The summed E-state index contributed by atoms with van der Waals surface area (Å²) in [5.41, 5.74) is 0.0366. The monoisotopic (exact) mass is 296 g/mol. The van der Waals surface area contributed by atoms with E-state index in [9.17, 15) is 0 Å². The average molecular weight is 296 g/mol. The summed E-state index contributed by atoms with van der Waals surface area (Å²) in [6.07, 6.45) is 8.77. The Bertz CT molecular complexity index is 312. The minimum atomic E-state index is 0.0366. The number of rotatable bonds is 5. The van der Waals surface area contributed by atoms with Crippen molar-refractivity contribution in [3.63, 3.8) is 0 Å². The lowest BCUT2D eigenvalue weighted by molar-refractivity contribution is -0.107. The minimum Gasteiger partial charge on any atom is -0.378 e. The molecular weight excluding hydrogens is 264 g/mol. The molecule has 3 fully saturated rings. The van der Waals surface area contributed by atoms with Gasteiger partial charge >= 0.3 is 0 Å². The highest BCUT2D eigenvalue weighted by Gasteiger charge is 2.42. The van der Waals surface area contributed by atoms with Crippen molar-refractivity contribution in [3.05, 3.63) is 0 Å². The highest BCUT2D eigenvalue weighted by molar-refractivity contribution is 4.94. The van der Waals surface area contributed by atoms with Gasteiger partial charge in [0.2, 0.25) is 0 Å². The number of hydrogen-bond donors (Lipinski definition) is 1. The molecule has 0 aliphatic carbocycles. The first kappa shape index (κ1) is 15.7. The predicted molar refractivity (Wildman–Crippen MR) is 84.6 cm³/mol. The number of nitrogens with one attached hydrogen (secondary N) is 1. The van der Waals surface area contributed by atoms with E-state index in [4.69, 9.17) is 9.47 Å². The molecule has 3 heterocycles. The zero-order chi connectivity index (χ0) is 14.5. The fourth-order valence-electron chi connectivity index (χ4n) is 4.25. The Morgan fingerprint density at radius 1 is 1.24 bits per heavy atom. The van der Waals surface area contributed by atoms with Crippen LogP contribution in [-0.2, 0) is 9.47 Å². The van der Waals surface area contributed by atoms with Gasteiger partial charge in [-0.05, 0) is 45.2 Å². The molecule has 0 radical (unpaired) electrons. The van der Waals surface area contributed by atoms with Crippen LogP contribution in [-0.4, -0.2) is 62.0 Å². The first-order chi connectivity index (χ1) is 10.3. The maximum Gasteiger partial charge on any atom is 0.0951 e. The van der Waals surface area contributed by atoms with Crippen LogP contribution in [0.5, 0.6) is 0 Å². The Labute approximate surface area is 129 Å². The third-order valence-electron chi connectivity index (χ3n) is 5.43. The van der Waals surface area contributed by atoms with E-state index >= 15 is 0 Å². The Kier molecular flexibility index (Phi) is 5.54. The molecule has 1 spiro atoms. The van der Waals surface area contributed by atoms with Crippen LogP contribution in [0.4, 0.5) is 0 Å². The molecule has 0 aromatic rings. The number of nitrogens with zero attached hydrogens (tertiary/aromatic N) is 1. The third kappa shape index (κ3) is 3.98. The van der Waals surface area contributed by atoms with Crippen LogP contribution in [0.2, 0.25) is 0 Å². The fourth-order valence-corrected chi connectivity index (χ4v) is 4.25. The van der Waals surface area contributed by atoms with Gasteiger partial charge in [0.15, 0.2) is 0 Å². The van der Waals surface area contributed by atoms with Crippen molar-refractivity contribution < 1.29 is 9.47 Å². The average Bonchev–Trinajstić information content (AvgIpc) is 2.96. The Morgan fingerprint density at radius 3 is 2.90 bits per heavy atom. The van der Waals surface area contributed by atoms with E-state index in [1.807, 2.05) is 0 Å². The molecule has 4 heteroatoms. The summed E-state index contributed by atoms with van der Waals surface area (Å²) in [5.74, 6) is 0. The van der Waals surface area contributed by atoms with Gasteiger partial charge in [0.25, 0.3) is 0 Å². The van der Waals surface area contributed by atoms with Gasteiger partial charge in [-0.2, -0.15) is 0 Å². The summed E-state index contributed by atoms with van der Waals surface area (Å²) in [4.78, 5) is 2.74. The Morgan fingerprint density at radius 2 is 2.19 bits per heavy atom. The molecule has 0 amide bonds. The minimum absolute atomic E-state index is 0.0366. The van der Waals surface area contributed by atoms with Gasteiger partial charge in [-0.25, -0.2) is 0 Å². The van der Waals surface area contributed by atoms with Gasteiger partial charge in [0.1, 0.15) is 0 Å². The largest absolute Gasteiger partial charge is 0.378 e. The molecule has 122 valence electrons. The van der Waals surface area contributed by atoms with Crippen molar-refractivity contribution in [1.82, 2.24) is 10.2 Å². The SMILES string of the molecule is CCCN(CC1CCCCN1)C1CCOC2(CCOC2)C1. The highest BCUT2D eigenvalue weighted by atomic mass is 16.6. The van der Waals surface area contributed by atoms with Gasteiger partial charge < -0.3 is 14.8 Å². The van der Waals surface area contributed by atoms with Crippen LogP contribution < -0.4 is 5.32 Å².